The van der Waals surface area contributed by atoms with Crippen LogP contribution < -0.4 is 0 Å². The second kappa shape index (κ2) is 6.97. The molecule has 0 amide bonds. The van der Waals surface area contributed by atoms with Gasteiger partial charge in [0.15, 0.2) is 0 Å². The van der Waals surface area contributed by atoms with E-state index in [1.165, 1.54) is 0 Å². The van der Waals surface area contributed by atoms with E-state index in [4.69, 9.17) is 25.8 Å². The Hall–Kier alpha value is -0.610. The van der Waals surface area contributed by atoms with Crippen molar-refractivity contribution >= 4 is 11.6 Å². The Labute approximate surface area is 108 Å². The summed E-state index contributed by atoms with van der Waals surface area (Å²) in [7, 11) is 0. The lowest BCUT2D eigenvalue weighted by Gasteiger charge is -2.33. The molecule has 1 rings (SSSR count). The lowest BCUT2D eigenvalue weighted by molar-refractivity contribution is -0.389. The molecule has 0 bridgehead atoms. The summed E-state index contributed by atoms with van der Waals surface area (Å²) in [5.41, 5.74) is 0.701. The molecular weight excluding hydrogens is 240 g/mol. The molecule has 96 valence electrons. The van der Waals surface area contributed by atoms with Crippen LogP contribution in [0.3, 0.4) is 0 Å². The first-order valence-electron chi connectivity index (χ1n) is 5.87. The van der Waals surface area contributed by atoms with Gasteiger partial charge in [0.25, 0.3) is 0 Å². The van der Waals surface area contributed by atoms with Gasteiger partial charge in [0.2, 0.25) is 0 Å². The van der Waals surface area contributed by atoms with Crippen molar-refractivity contribution in [1.29, 1.82) is 0 Å². The molecule has 0 aliphatic heterocycles. The summed E-state index contributed by atoms with van der Waals surface area (Å²) in [6.07, 6.45) is 0. The zero-order valence-corrected chi connectivity index (χ0v) is 11.3. The first-order chi connectivity index (χ1) is 8.20. The normalized spacial score (nSPS) is 11.8. The van der Waals surface area contributed by atoms with Crippen LogP contribution in [0.25, 0.3) is 0 Å². The predicted molar refractivity (Wildman–Crippen MR) is 68.0 cm³/mol. The predicted octanol–water partition coefficient (Wildman–Crippen LogP) is 3.56. The molecule has 17 heavy (non-hydrogen) atoms. The van der Waals surface area contributed by atoms with E-state index in [1.807, 2.05) is 39.0 Å². The molecule has 0 saturated heterocycles. The average Bonchev–Trinajstić information content (AvgIpc) is 2.30. The Balaban J connectivity index is 3.14. The van der Waals surface area contributed by atoms with Gasteiger partial charge in [-0.3, -0.25) is 0 Å². The molecular formula is C13H19ClO3. The first-order valence-corrected chi connectivity index (χ1v) is 6.24. The van der Waals surface area contributed by atoms with Crippen molar-refractivity contribution in [1.82, 2.24) is 0 Å². The summed E-state index contributed by atoms with van der Waals surface area (Å²) < 4.78 is 16.9. The minimum Gasteiger partial charge on any atom is -0.324 e. The fraction of sp³-hybridized carbons (Fsp3) is 0.538. The van der Waals surface area contributed by atoms with Crippen LogP contribution in [0.4, 0.5) is 0 Å². The van der Waals surface area contributed by atoms with E-state index >= 15 is 0 Å². The van der Waals surface area contributed by atoms with Crippen molar-refractivity contribution in [2.24, 2.45) is 0 Å². The molecule has 0 atom stereocenters. The fourth-order valence-corrected chi connectivity index (χ4v) is 1.89. The molecule has 0 aliphatic carbocycles. The minimum absolute atomic E-state index is 0.477. The van der Waals surface area contributed by atoms with Gasteiger partial charge in [0, 0.05) is 19.8 Å². The third-order valence-electron chi connectivity index (χ3n) is 2.21. The molecule has 0 saturated carbocycles. The van der Waals surface area contributed by atoms with E-state index in [0.29, 0.717) is 30.4 Å². The molecule has 4 heteroatoms. The standard InChI is InChI=1S/C13H19ClO3/c1-4-15-13(16-5-2,17-6-3)11-9-7-8-10-12(11)14/h7-10H,4-6H2,1-3H3. The van der Waals surface area contributed by atoms with Gasteiger partial charge in [-0.05, 0) is 32.9 Å². The van der Waals surface area contributed by atoms with Gasteiger partial charge in [-0.1, -0.05) is 23.7 Å². The van der Waals surface area contributed by atoms with Gasteiger partial charge in [0.05, 0.1) is 10.6 Å². The Morgan fingerprint density at radius 3 is 1.82 bits per heavy atom. The van der Waals surface area contributed by atoms with E-state index in [-0.39, 0.29) is 0 Å². The molecule has 0 aliphatic rings. The van der Waals surface area contributed by atoms with Gasteiger partial charge < -0.3 is 14.2 Å². The molecule has 0 spiro atoms. The number of ether oxygens (including phenoxy) is 3. The highest BCUT2D eigenvalue weighted by atomic mass is 35.5. The van der Waals surface area contributed by atoms with Crippen LogP contribution in [-0.2, 0) is 20.2 Å². The number of hydrogen-bond donors (Lipinski definition) is 0. The van der Waals surface area contributed by atoms with E-state index in [0.717, 1.165) is 0 Å². The van der Waals surface area contributed by atoms with Crippen LogP contribution in [0, 0.1) is 0 Å². The SMILES string of the molecule is CCOC(OCC)(OCC)c1ccccc1Cl. The maximum absolute atomic E-state index is 6.18. The Morgan fingerprint density at radius 1 is 0.941 bits per heavy atom. The molecule has 0 fully saturated rings. The van der Waals surface area contributed by atoms with Crippen LogP contribution in [0.15, 0.2) is 24.3 Å². The summed E-state index contributed by atoms with van der Waals surface area (Å²) in [6.45, 7) is 7.11. The smallest absolute Gasteiger partial charge is 0.313 e. The van der Waals surface area contributed by atoms with E-state index in [2.05, 4.69) is 0 Å². The molecule has 0 radical (unpaired) electrons. The monoisotopic (exact) mass is 258 g/mol. The number of hydrogen-bond acceptors (Lipinski definition) is 3. The Morgan fingerprint density at radius 2 is 1.41 bits per heavy atom. The molecule has 0 heterocycles. The topological polar surface area (TPSA) is 27.7 Å². The highest BCUT2D eigenvalue weighted by Gasteiger charge is 2.36. The number of rotatable bonds is 7. The van der Waals surface area contributed by atoms with Crippen LogP contribution in [0.2, 0.25) is 5.02 Å². The largest absolute Gasteiger partial charge is 0.324 e. The maximum Gasteiger partial charge on any atom is 0.313 e. The first kappa shape index (κ1) is 14.5. The van der Waals surface area contributed by atoms with Gasteiger partial charge in [-0.2, -0.15) is 0 Å². The van der Waals surface area contributed by atoms with Crippen LogP contribution in [0.1, 0.15) is 26.3 Å². The summed E-state index contributed by atoms with van der Waals surface area (Å²) in [5, 5.41) is 0.572. The van der Waals surface area contributed by atoms with Gasteiger partial charge in [-0.25, -0.2) is 0 Å². The molecule has 0 N–H and O–H groups in total. The van der Waals surface area contributed by atoms with Gasteiger partial charge in [0.1, 0.15) is 0 Å². The van der Waals surface area contributed by atoms with Gasteiger partial charge in [-0.15, -0.1) is 0 Å². The van der Waals surface area contributed by atoms with Crippen molar-refractivity contribution in [3.05, 3.63) is 34.9 Å². The molecule has 1 aromatic carbocycles. The van der Waals surface area contributed by atoms with Gasteiger partial charge >= 0.3 is 5.97 Å². The van der Waals surface area contributed by atoms with Crippen molar-refractivity contribution in [3.63, 3.8) is 0 Å². The lowest BCUT2D eigenvalue weighted by atomic mass is 10.2. The molecule has 1 aromatic rings. The average molecular weight is 259 g/mol. The quantitative estimate of drug-likeness (QED) is 0.700. The zero-order chi connectivity index (χ0) is 12.7. The van der Waals surface area contributed by atoms with Crippen molar-refractivity contribution in [3.8, 4) is 0 Å². The number of halogens is 1. The maximum atomic E-state index is 6.18. The second-order valence-corrected chi connectivity index (χ2v) is 3.74. The molecule has 0 unspecified atom stereocenters. The van der Waals surface area contributed by atoms with E-state index in [1.54, 1.807) is 6.07 Å². The molecule has 3 nitrogen and oxygen atoms in total. The van der Waals surface area contributed by atoms with E-state index in [9.17, 15) is 0 Å². The summed E-state index contributed by atoms with van der Waals surface area (Å²) in [5.74, 6) is -1.20. The summed E-state index contributed by atoms with van der Waals surface area (Å²) in [4.78, 5) is 0. The summed E-state index contributed by atoms with van der Waals surface area (Å²) in [6, 6.07) is 7.39. The number of benzene rings is 1. The Bertz CT molecular complexity index is 324. The van der Waals surface area contributed by atoms with E-state index < -0.39 is 5.97 Å². The molecule has 0 aromatic heterocycles. The van der Waals surface area contributed by atoms with Crippen molar-refractivity contribution < 1.29 is 14.2 Å². The van der Waals surface area contributed by atoms with Crippen molar-refractivity contribution in [2.45, 2.75) is 26.7 Å². The van der Waals surface area contributed by atoms with Crippen LogP contribution in [0.5, 0.6) is 0 Å². The second-order valence-electron chi connectivity index (χ2n) is 3.34. The highest BCUT2D eigenvalue weighted by molar-refractivity contribution is 6.31. The highest BCUT2D eigenvalue weighted by Crippen LogP contribution is 2.33. The minimum atomic E-state index is -1.20. The third-order valence-corrected chi connectivity index (χ3v) is 2.54. The third kappa shape index (κ3) is 3.42. The van der Waals surface area contributed by atoms with Crippen LogP contribution >= 0.6 is 11.6 Å². The fourth-order valence-electron chi connectivity index (χ4n) is 1.64. The Kier molecular flexibility index (Phi) is 5.92. The van der Waals surface area contributed by atoms with Crippen LogP contribution in [-0.4, -0.2) is 19.8 Å². The summed E-state index contributed by atoms with van der Waals surface area (Å²) >= 11 is 6.18. The van der Waals surface area contributed by atoms with Crippen molar-refractivity contribution in [2.75, 3.05) is 19.8 Å². The lowest BCUT2D eigenvalue weighted by Crippen LogP contribution is -2.37. The zero-order valence-electron chi connectivity index (χ0n) is 10.5.